The van der Waals surface area contributed by atoms with Gasteiger partial charge in [0, 0.05) is 11.1 Å². The number of allylic oxidation sites excluding steroid dienone is 2. The maximum Gasteiger partial charge on any atom is 0.185 e. The molecule has 134 valence electrons. The summed E-state index contributed by atoms with van der Waals surface area (Å²) in [7, 11) is 0. The van der Waals surface area contributed by atoms with E-state index in [0.29, 0.717) is 0 Å². The molecular weight excluding hydrogens is 340 g/mol. The van der Waals surface area contributed by atoms with Gasteiger partial charge in [0.05, 0.1) is 0 Å². The van der Waals surface area contributed by atoms with E-state index in [1.165, 1.54) is 21.5 Å². The van der Waals surface area contributed by atoms with Crippen molar-refractivity contribution in [3.63, 3.8) is 0 Å². The number of hydrogen-bond acceptors (Lipinski definition) is 1. The molecule has 1 aliphatic rings. The average Bonchev–Trinajstić information content (AvgIpc) is 3.07. The summed E-state index contributed by atoms with van der Waals surface area (Å²) in [6, 6.07) is 29.3. The van der Waals surface area contributed by atoms with Gasteiger partial charge in [0.25, 0.3) is 0 Å². The first-order valence-electron chi connectivity index (χ1n) is 9.70. The van der Waals surface area contributed by atoms with Gasteiger partial charge in [-0.2, -0.15) is 0 Å². The zero-order valence-corrected chi connectivity index (χ0v) is 15.6. The van der Waals surface area contributed by atoms with Crippen molar-refractivity contribution in [3.05, 3.63) is 107 Å². The quantitative estimate of drug-likeness (QED) is 0.358. The van der Waals surface area contributed by atoms with Crippen molar-refractivity contribution in [2.45, 2.75) is 12.8 Å². The molecule has 0 amide bonds. The second-order valence-electron chi connectivity index (χ2n) is 7.34. The van der Waals surface area contributed by atoms with E-state index in [9.17, 15) is 4.79 Å². The predicted octanol–water partition coefficient (Wildman–Crippen LogP) is 6.82. The minimum absolute atomic E-state index is 0.182. The van der Waals surface area contributed by atoms with Crippen LogP contribution < -0.4 is 0 Å². The summed E-state index contributed by atoms with van der Waals surface area (Å²) >= 11 is 0. The molecule has 1 nitrogen and oxygen atoms in total. The van der Waals surface area contributed by atoms with Crippen molar-refractivity contribution in [3.8, 4) is 0 Å². The van der Waals surface area contributed by atoms with Gasteiger partial charge in [-0.3, -0.25) is 4.79 Å². The molecule has 0 aromatic heterocycles. The van der Waals surface area contributed by atoms with Gasteiger partial charge in [-0.25, -0.2) is 0 Å². The summed E-state index contributed by atoms with van der Waals surface area (Å²) in [6.45, 7) is 0. The lowest BCUT2D eigenvalue weighted by Gasteiger charge is -2.03. The Morgan fingerprint density at radius 1 is 0.607 bits per heavy atom. The molecule has 5 rings (SSSR count). The molecule has 4 aromatic rings. The van der Waals surface area contributed by atoms with Gasteiger partial charge < -0.3 is 0 Å². The van der Waals surface area contributed by atoms with E-state index in [2.05, 4.69) is 72.8 Å². The van der Waals surface area contributed by atoms with Crippen LogP contribution in [0.2, 0.25) is 0 Å². The lowest BCUT2D eigenvalue weighted by molar-refractivity contribution is -0.111. The highest BCUT2D eigenvalue weighted by molar-refractivity contribution is 6.16. The molecule has 1 aliphatic carbocycles. The fourth-order valence-corrected chi connectivity index (χ4v) is 4.04. The maximum absolute atomic E-state index is 13.0. The number of ketones is 1. The summed E-state index contributed by atoms with van der Waals surface area (Å²) < 4.78 is 0. The van der Waals surface area contributed by atoms with Crippen molar-refractivity contribution in [1.82, 2.24) is 0 Å². The van der Waals surface area contributed by atoms with Crippen LogP contribution in [0.15, 0.2) is 96.1 Å². The lowest BCUT2D eigenvalue weighted by Crippen LogP contribution is -1.95. The van der Waals surface area contributed by atoms with E-state index in [-0.39, 0.29) is 5.78 Å². The number of hydrogen-bond donors (Lipinski definition) is 0. The Bertz CT molecular complexity index is 1270. The minimum atomic E-state index is 0.182. The second-order valence-corrected chi connectivity index (χ2v) is 7.34. The van der Waals surface area contributed by atoms with Gasteiger partial charge in [-0.05, 0) is 63.7 Å². The molecule has 0 bridgehead atoms. The topological polar surface area (TPSA) is 17.1 Å². The summed E-state index contributed by atoms with van der Waals surface area (Å²) in [5.41, 5.74) is 4.02. The van der Waals surface area contributed by atoms with E-state index in [4.69, 9.17) is 0 Å². The van der Waals surface area contributed by atoms with Crippen LogP contribution in [0.5, 0.6) is 0 Å². The molecular formula is C27H20O. The van der Waals surface area contributed by atoms with Crippen LogP contribution in [0.1, 0.15) is 24.0 Å². The highest BCUT2D eigenvalue weighted by Crippen LogP contribution is 2.31. The first-order chi connectivity index (χ1) is 13.8. The normalized spacial score (nSPS) is 17.2. The third kappa shape index (κ3) is 3.05. The second kappa shape index (κ2) is 6.94. The highest BCUT2D eigenvalue weighted by Gasteiger charge is 2.23. The van der Waals surface area contributed by atoms with E-state index in [1.54, 1.807) is 0 Å². The Kier molecular flexibility index (Phi) is 4.14. The Morgan fingerprint density at radius 2 is 1.29 bits per heavy atom. The summed E-state index contributed by atoms with van der Waals surface area (Å²) in [5.74, 6) is 0.182. The van der Waals surface area contributed by atoms with E-state index in [1.807, 2.05) is 24.3 Å². The summed E-state index contributed by atoms with van der Waals surface area (Å²) in [6.07, 6.45) is 5.74. The van der Waals surface area contributed by atoms with Crippen molar-refractivity contribution in [2.75, 3.05) is 0 Å². The fraction of sp³-hybridized carbons (Fsp3) is 0.0741. The highest BCUT2D eigenvalue weighted by atomic mass is 16.1. The number of Topliss-reactive ketones (excluding diaryl/α,β-unsaturated/α-hetero) is 1. The van der Waals surface area contributed by atoms with Crippen LogP contribution in [0.25, 0.3) is 33.7 Å². The minimum Gasteiger partial charge on any atom is -0.289 e. The zero-order valence-electron chi connectivity index (χ0n) is 15.6. The molecule has 0 heterocycles. The Balaban J connectivity index is 1.49. The van der Waals surface area contributed by atoms with E-state index >= 15 is 0 Å². The molecule has 1 saturated carbocycles. The number of fused-ring (bicyclic) bond motifs is 2. The fourth-order valence-electron chi connectivity index (χ4n) is 4.04. The first kappa shape index (κ1) is 16.7. The van der Waals surface area contributed by atoms with Crippen molar-refractivity contribution >= 4 is 39.5 Å². The maximum atomic E-state index is 13.0. The zero-order chi connectivity index (χ0) is 18.9. The van der Waals surface area contributed by atoms with Gasteiger partial charge in [0.1, 0.15) is 0 Å². The Labute approximate surface area is 164 Å². The summed E-state index contributed by atoms with van der Waals surface area (Å²) in [5, 5.41) is 4.82. The van der Waals surface area contributed by atoms with Gasteiger partial charge in [-0.1, -0.05) is 78.9 Å². The summed E-state index contributed by atoms with van der Waals surface area (Å²) in [4.78, 5) is 13.0. The largest absolute Gasteiger partial charge is 0.289 e. The van der Waals surface area contributed by atoms with Gasteiger partial charge >= 0.3 is 0 Å². The molecule has 1 heteroatoms. The number of carbonyl (C=O) groups excluding carboxylic acids is 1. The molecule has 0 radical (unpaired) electrons. The molecule has 0 atom stereocenters. The molecule has 0 N–H and O–H groups in total. The standard InChI is InChI=1S/C27H20O/c28-27-24(17-19-12-13-20-6-1-2-8-22(20)16-19)14-15-25(27)18-23-10-5-9-21-7-3-4-11-26(21)23/h1-13,16-18H,14-15H2/b24-17+,25-18-. The van der Waals surface area contributed by atoms with Crippen molar-refractivity contribution in [1.29, 1.82) is 0 Å². The predicted molar refractivity (Wildman–Crippen MR) is 118 cm³/mol. The molecule has 0 aliphatic heterocycles. The molecule has 4 aromatic carbocycles. The van der Waals surface area contributed by atoms with Gasteiger partial charge in [-0.15, -0.1) is 0 Å². The van der Waals surface area contributed by atoms with E-state index < -0.39 is 0 Å². The average molecular weight is 360 g/mol. The third-order valence-corrected chi connectivity index (χ3v) is 5.51. The molecule has 28 heavy (non-hydrogen) atoms. The number of carbonyl (C=O) groups is 1. The van der Waals surface area contributed by atoms with Crippen LogP contribution in [0.4, 0.5) is 0 Å². The Morgan fingerprint density at radius 3 is 2.14 bits per heavy atom. The first-order valence-corrected chi connectivity index (χ1v) is 9.70. The molecule has 0 saturated heterocycles. The van der Waals surface area contributed by atoms with Crippen LogP contribution in [-0.2, 0) is 4.79 Å². The molecule has 0 spiro atoms. The van der Waals surface area contributed by atoms with Crippen LogP contribution in [-0.4, -0.2) is 5.78 Å². The molecule has 0 unspecified atom stereocenters. The molecule has 1 fully saturated rings. The smallest absolute Gasteiger partial charge is 0.185 e. The Hall–Kier alpha value is -3.45. The van der Waals surface area contributed by atoms with Crippen molar-refractivity contribution < 1.29 is 4.79 Å². The van der Waals surface area contributed by atoms with Gasteiger partial charge in [0.15, 0.2) is 5.78 Å². The van der Waals surface area contributed by atoms with Crippen LogP contribution in [0.3, 0.4) is 0 Å². The van der Waals surface area contributed by atoms with Crippen LogP contribution in [0, 0.1) is 0 Å². The van der Waals surface area contributed by atoms with E-state index in [0.717, 1.165) is 35.1 Å². The third-order valence-electron chi connectivity index (χ3n) is 5.51. The van der Waals surface area contributed by atoms with Crippen molar-refractivity contribution in [2.24, 2.45) is 0 Å². The number of benzene rings is 4. The lowest BCUT2D eigenvalue weighted by atomic mass is 10.0. The van der Waals surface area contributed by atoms with Crippen LogP contribution >= 0.6 is 0 Å². The monoisotopic (exact) mass is 360 g/mol. The SMILES string of the molecule is O=C1/C(=C\c2cccc3ccccc23)CC/C1=C\c1ccc2ccccc2c1. The van der Waals surface area contributed by atoms with Gasteiger partial charge in [0.2, 0.25) is 0 Å². The number of rotatable bonds is 2.